The summed E-state index contributed by atoms with van der Waals surface area (Å²) < 4.78 is 7.25. The smallest absolute Gasteiger partial charge is 0.335 e. The Balaban J connectivity index is 1.69. The van der Waals surface area contributed by atoms with Gasteiger partial charge in [-0.1, -0.05) is 0 Å². The Hall–Kier alpha value is -4.73. The molecule has 1 fully saturated rings. The van der Waals surface area contributed by atoms with E-state index in [1.165, 1.54) is 18.2 Å². The van der Waals surface area contributed by atoms with Crippen molar-refractivity contribution in [2.45, 2.75) is 20.8 Å². The third-order valence-electron chi connectivity index (χ3n) is 5.60. The summed E-state index contributed by atoms with van der Waals surface area (Å²) in [6.07, 6.45) is 1.44. The van der Waals surface area contributed by atoms with Gasteiger partial charge in [0.25, 0.3) is 17.5 Å². The molecule has 1 aromatic heterocycles. The number of benzene rings is 2. The number of nitro groups is 1. The predicted octanol–water partition coefficient (Wildman–Crippen LogP) is 4.07. The molecule has 0 aliphatic carbocycles. The summed E-state index contributed by atoms with van der Waals surface area (Å²) in [5, 5.41) is 13.2. The number of rotatable bonds is 6. The van der Waals surface area contributed by atoms with Crippen LogP contribution in [0, 0.1) is 24.0 Å². The molecule has 1 aliphatic rings. The summed E-state index contributed by atoms with van der Waals surface area (Å²) in [7, 11) is 0. The van der Waals surface area contributed by atoms with Crippen molar-refractivity contribution < 1.29 is 24.0 Å². The highest BCUT2D eigenvalue weighted by Crippen LogP contribution is 2.27. The first kappa shape index (κ1) is 23.4. The number of nitrogens with zero attached hydrogens (tertiary/aromatic N) is 3. The normalized spacial score (nSPS) is 14.9. The molecular formula is C25H22N4O6. The van der Waals surface area contributed by atoms with Crippen molar-refractivity contribution in [3.05, 3.63) is 87.2 Å². The minimum absolute atomic E-state index is 0.0259. The molecule has 2 heterocycles. The van der Waals surface area contributed by atoms with E-state index < -0.39 is 22.8 Å². The first-order chi connectivity index (χ1) is 16.7. The van der Waals surface area contributed by atoms with E-state index in [1.54, 1.807) is 49.4 Å². The van der Waals surface area contributed by atoms with Crippen LogP contribution in [-0.4, -0.2) is 33.9 Å². The number of urea groups is 1. The Bertz CT molecular complexity index is 1370. The van der Waals surface area contributed by atoms with Gasteiger partial charge < -0.3 is 9.30 Å². The maximum atomic E-state index is 13.2. The van der Waals surface area contributed by atoms with E-state index in [0.29, 0.717) is 35.0 Å². The van der Waals surface area contributed by atoms with Crippen LogP contribution in [0.5, 0.6) is 5.75 Å². The lowest BCUT2D eigenvalue weighted by atomic mass is 10.1. The molecule has 0 spiro atoms. The van der Waals surface area contributed by atoms with Crippen LogP contribution in [0.4, 0.5) is 16.2 Å². The molecule has 0 saturated carbocycles. The van der Waals surface area contributed by atoms with Gasteiger partial charge >= 0.3 is 6.03 Å². The SMILES string of the molecule is CCOc1ccc(N2C(=O)NC(=O)/C(=C/c3cc(C)n(-c4ccc([N+](=O)[O-])cc4)c3C)C2=O)cc1. The molecular weight excluding hydrogens is 452 g/mol. The number of barbiturate groups is 1. The number of amides is 4. The van der Waals surface area contributed by atoms with E-state index in [0.717, 1.165) is 10.6 Å². The highest BCUT2D eigenvalue weighted by Gasteiger charge is 2.37. The number of non-ortho nitro benzene ring substituents is 1. The first-order valence-corrected chi connectivity index (χ1v) is 10.8. The summed E-state index contributed by atoms with van der Waals surface area (Å²) in [5.74, 6) is -0.947. The van der Waals surface area contributed by atoms with Crippen molar-refractivity contribution in [3.63, 3.8) is 0 Å². The molecule has 10 heteroatoms. The van der Waals surface area contributed by atoms with Gasteiger partial charge in [-0.25, -0.2) is 9.69 Å². The van der Waals surface area contributed by atoms with Gasteiger partial charge in [0, 0.05) is 29.2 Å². The Morgan fingerprint density at radius 1 is 1.00 bits per heavy atom. The fourth-order valence-corrected chi connectivity index (χ4v) is 3.96. The molecule has 4 rings (SSSR count). The van der Waals surface area contributed by atoms with Gasteiger partial charge in [0.05, 0.1) is 17.2 Å². The van der Waals surface area contributed by atoms with Gasteiger partial charge in [-0.15, -0.1) is 0 Å². The average Bonchev–Trinajstić information content (AvgIpc) is 3.10. The molecule has 4 amide bonds. The zero-order chi connectivity index (χ0) is 25.3. The number of aromatic nitrogens is 1. The van der Waals surface area contributed by atoms with Crippen molar-refractivity contribution in [2.24, 2.45) is 0 Å². The number of aryl methyl sites for hydroxylation is 1. The van der Waals surface area contributed by atoms with Crippen LogP contribution in [0.25, 0.3) is 11.8 Å². The van der Waals surface area contributed by atoms with Gasteiger partial charge in [-0.05, 0) is 74.9 Å². The Morgan fingerprint density at radius 2 is 1.63 bits per heavy atom. The predicted molar refractivity (Wildman–Crippen MR) is 129 cm³/mol. The minimum atomic E-state index is -0.835. The number of carbonyl (C=O) groups is 3. The van der Waals surface area contributed by atoms with Gasteiger partial charge in [0.15, 0.2) is 0 Å². The van der Waals surface area contributed by atoms with Crippen molar-refractivity contribution in [1.29, 1.82) is 0 Å². The quantitative estimate of drug-likeness (QED) is 0.249. The van der Waals surface area contributed by atoms with Crippen molar-refractivity contribution in [2.75, 3.05) is 11.5 Å². The number of nitrogens with one attached hydrogen (secondary N) is 1. The maximum Gasteiger partial charge on any atom is 0.335 e. The molecule has 0 bridgehead atoms. The summed E-state index contributed by atoms with van der Waals surface area (Å²) in [5.41, 5.74) is 2.89. The molecule has 35 heavy (non-hydrogen) atoms. The summed E-state index contributed by atoms with van der Waals surface area (Å²) >= 11 is 0. The van der Waals surface area contributed by atoms with Gasteiger partial charge in [0.2, 0.25) is 0 Å². The minimum Gasteiger partial charge on any atom is -0.494 e. The van der Waals surface area contributed by atoms with Crippen molar-refractivity contribution >= 4 is 35.3 Å². The summed E-state index contributed by atoms with van der Waals surface area (Å²) in [6.45, 7) is 5.97. The fraction of sp³-hybridized carbons (Fsp3) is 0.160. The molecule has 1 saturated heterocycles. The lowest BCUT2D eigenvalue weighted by Crippen LogP contribution is -2.54. The van der Waals surface area contributed by atoms with Crippen LogP contribution in [0.15, 0.2) is 60.2 Å². The number of hydrogen-bond donors (Lipinski definition) is 1. The average molecular weight is 474 g/mol. The third-order valence-corrected chi connectivity index (χ3v) is 5.60. The van der Waals surface area contributed by atoms with E-state index in [4.69, 9.17) is 4.74 Å². The van der Waals surface area contributed by atoms with Crippen LogP contribution >= 0.6 is 0 Å². The first-order valence-electron chi connectivity index (χ1n) is 10.8. The zero-order valence-corrected chi connectivity index (χ0v) is 19.3. The number of nitro benzene ring substituents is 1. The molecule has 10 nitrogen and oxygen atoms in total. The molecule has 3 aromatic rings. The number of ether oxygens (including phenoxy) is 1. The van der Waals surface area contributed by atoms with E-state index in [1.807, 2.05) is 18.4 Å². The van der Waals surface area contributed by atoms with E-state index in [-0.39, 0.29) is 11.3 Å². The maximum absolute atomic E-state index is 13.2. The second kappa shape index (κ2) is 9.26. The second-order valence-corrected chi connectivity index (χ2v) is 7.82. The fourth-order valence-electron chi connectivity index (χ4n) is 3.96. The number of carbonyl (C=O) groups excluding carboxylic acids is 3. The number of anilines is 1. The molecule has 0 unspecified atom stereocenters. The Kier molecular flexibility index (Phi) is 6.20. The largest absolute Gasteiger partial charge is 0.494 e. The van der Waals surface area contributed by atoms with Crippen LogP contribution in [0.2, 0.25) is 0 Å². The molecule has 0 radical (unpaired) electrons. The third kappa shape index (κ3) is 4.41. The van der Waals surface area contributed by atoms with Crippen LogP contribution in [0.1, 0.15) is 23.9 Å². The van der Waals surface area contributed by atoms with E-state index in [2.05, 4.69) is 5.32 Å². The second-order valence-electron chi connectivity index (χ2n) is 7.82. The highest BCUT2D eigenvalue weighted by molar-refractivity contribution is 6.39. The molecule has 2 aromatic carbocycles. The van der Waals surface area contributed by atoms with Gasteiger partial charge in [-0.3, -0.25) is 25.0 Å². The highest BCUT2D eigenvalue weighted by atomic mass is 16.6. The molecule has 0 atom stereocenters. The standard InChI is InChI=1S/C25H22N4O6/c1-4-35-21-11-9-19(10-12-21)28-24(31)22(23(30)26-25(28)32)14-17-13-15(2)27(16(17)3)18-5-7-20(8-6-18)29(33)34/h5-14H,4H2,1-3H3,(H,26,30,32)/b22-14-. The van der Waals surface area contributed by atoms with Gasteiger partial charge in [0.1, 0.15) is 11.3 Å². The summed E-state index contributed by atoms with van der Waals surface area (Å²) in [4.78, 5) is 49.6. The summed E-state index contributed by atoms with van der Waals surface area (Å²) in [6, 6.07) is 13.4. The van der Waals surface area contributed by atoms with E-state index in [9.17, 15) is 24.5 Å². The zero-order valence-electron chi connectivity index (χ0n) is 19.3. The molecule has 1 aliphatic heterocycles. The number of imide groups is 2. The van der Waals surface area contributed by atoms with Crippen molar-refractivity contribution in [3.8, 4) is 11.4 Å². The lowest BCUT2D eigenvalue weighted by molar-refractivity contribution is -0.384. The van der Waals surface area contributed by atoms with E-state index >= 15 is 0 Å². The topological polar surface area (TPSA) is 124 Å². The van der Waals surface area contributed by atoms with Crippen LogP contribution < -0.4 is 15.0 Å². The number of hydrogen-bond acceptors (Lipinski definition) is 6. The Morgan fingerprint density at radius 3 is 2.23 bits per heavy atom. The van der Waals surface area contributed by atoms with Crippen molar-refractivity contribution in [1.82, 2.24) is 9.88 Å². The Labute approximate surface area is 200 Å². The molecule has 1 N–H and O–H groups in total. The molecule has 178 valence electrons. The monoisotopic (exact) mass is 474 g/mol. The van der Waals surface area contributed by atoms with Crippen LogP contribution in [0.3, 0.4) is 0 Å². The van der Waals surface area contributed by atoms with Gasteiger partial charge in [-0.2, -0.15) is 0 Å². The lowest BCUT2D eigenvalue weighted by Gasteiger charge is -2.26. The van der Waals surface area contributed by atoms with Crippen LogP contribution in [-0.2, 0) is 9.59 Å².